The molecule has 5 heteroatoms. The van der Waals surface area contributed by atoms with Gasteiger partial charge in [-0.15, -0.1) is 0 Å². The number of alkyl halides is 1. The third-order valence-corrected chi connectivity index (χ3v) is 1.94. The standard InChI is InChI=1S/C6H9BrO3.CH4O/c7-2-1-5-4(8)3-6(9)10-5;1-2/h4-5,8H,1-3H2;2H,1H3/t4-,5?;/m1./s1. The van der Waals surface area contributed by atoms with E-state index < -0.39 is 6.10 Å². The Morgan fingerprint density at radius 2 is 2.25 bits per heavy atom. The smallest absolute Gasteiger partial charge is 0.308 e. The highest BCUT2D eigenvalue weighted by atomic mass is 79.9. The van der Waals surface area contributed by atoms with Crippen LogP contribution in [0, 0.1) is 0 Å². The Labute approximate surface area is 79.7 Å². The van der Waals surface area contributed by atoms with Crippen molar-refractivity contribution in [2.45, 2.75) is 25.0 Å². The van der Waals surface area contributed by atoms with Crippen LogP contribution in [0.4, 0.5) is 0 Å². The molecule has 1 saturated heterocycles. The van der Waals surface area contributed by atoms with Crippen molar-refractivity contribution >= 4 is 21.9 Å². The fourth-order valence-electron chi connectivity index (χ4n) is 0.957. The highest BCUT2D eigenvalue weighted by Crippen LogP contribution is 2.18. The van der Waals surface area contributed by atoms with Crippen LogP contribution in [0.15, 0.2) is 0 Å². The minimum absolute atomic E-state index is 0.150. The maximum absolute atomic E-state index is 10.5. The van der Waals surface area contributed by atoms with Gasteiger partial charge in [0.15, 0.2) is 0 Å². The van der Waals surface area contributed by atoms with E-state index in [0.29, 0.717) is 6.42 Å². The Balaban J connectivity index is 0.000000561. The molecule has 1 fully saturated rings. The number of rotatable bonds is 2. The summed E-state index contributed by atoms with van der Waals surface area (Å²) in [6.07, 6.45) is -0.0400. The van der Waals surface area contributed by atoms with Crippen molar-refractivity contribution in [3.8, 4) is 0 Å². The number of carbonyl (C=O) groups excluding carboxylic acids is 1. The van der Waals surface area contributed by atoms with Gasteiger partial charge < -0.3 is 14.9 Å². The summed E-state index contributed by atoms with van der Waals surface area (Å²) in [7, 11) is 1.00. The summed E-state index contributed by atoms with van der Waals surface area (Å²) < 4.78 is 4.80. The second-order valence-corrected chi connectivity index (χ2v) is 3.07. The van der Waals surface area contributed by atoms with Crippen LogP contribution in [0.2, 0.25) is 0 Å². The van der Waals surface area contributed by atoms with Gasteiger partial charge in [0.2, 0.25) is 0 Å². The first-order valence-electron chi connectivity index (χ1n) is 3.62. The van der Waals surface area contributed by atoms with Gasteiger partial charge in [0, 0.05) is 12.4 Å². The zero-order valence-electron chi connectivity index (χ0n) is 6.86. The number of ether oxygens (including phenoxy) is 1. The molecule has 0 bridgehead atoms. The fourth-order valence-corrected chi connectivity index (χ4v) is 1.41. The van der Waals surface area contributed by atoms with Crippen molar-refractivity contribution in [3.63, 3.8) is 0 Å². The van der Waals surface area contributed by atoms with Crippen molar-refractivity contribution in [1.29, 1.82) is 0 Å². The van der Waals surface area contributed by atoms with Crippen LogP contribution in [0.25, 0.3) is 0 Å². The number of esters is 1. The minimum atomic E-state index is -0.593. The van der Waals surface area contributed by atoms with Crippen molar-refractivity contribution in [3.05, 3.63) is 0 Å². The molecule has 1 aliphatic heterocycles. The van der Waals surface area contributed by atoms with E-state index in [2.05, 4.69) is 15.9 Å². The summed E-state index contributed by atoms with van der Waals surface area (Å²) in [6.45, 7) is 0. The number of carbonyl (C=O) groups is 1. The third-order valence-electron chi connectivity index (χ3n) is 1.48. The molecule has 0 amide bonds. The average molecular weight is 241 g/mol. The van der Waals surface area contributed by atoms with E-state index in [-0.39, 0.29) is 18.5 Å². The molecule has 1 unspecified atom stereocenters. The van der Waals surface area contributed by atoms with Crippen molar-refractivity contribution in [2.24, 2.45) is 0 Å². The first kappa shape index (κ1) is 11.9. The van der Waals surface area contributed by atoms with Crippen LogP contribution in [0.1, 0.15) is 12.8 Å². The molecule has 1 heterocycles. The summed E-state index contributed by atoms with van der Waals surface area (Å²) >= 11 is 3.20. The first-order valence-corrected chi connectivity index (χ1v) is 4.74. The zero-order valence-corrected chi connectivity index (χ0v) is 8.45. The van der Waals surface area contributed by atoms with Gasteiger partial charge in [-0.05, 0) is 6.42 Å². The Morgan fingerprint density at radius 1 is 1.67 bits per heavy atom. The van der Waals surface area contributed by atoms with Gasteiger partial charge in [-0.25, -0.2) is 0 Å². The fraction of sp³-hybridized carbons (Fsp3) is 0.857. The highest BCUT2D eigenvalue weighted by molar-refractivity contribution is 9.09. The third kappa shape index (κ3) is 3.51. The lowest BCUT2D eigenvalue weighted by molar-refractivity contribution is -0.141. The normalized spacial score (nSPS) is 27.5. The number of aliphatic hydroxyl groups is 2. The Hall–Kier alpha value is -0.130. The second-order valence-electron chi connectivity index (χ2n) is 2.28. The summed E-state index contributed by atoms with van der Waals surface area (Å²) in [4.78, 5) is 10.5. The Morgan fingerprint density at radius 3 is 2.58 bits per heavy atom. The average Bonchev–Trinajstić information content (AvgIpc) is 2.35. The monoisotopic (exact) mass is 240 g/mol. The van der Waals surface area contributed by atoms with Crippen molar-refractivity contribution in [1.82, 2.24) is 0 Å². The number of hydrogen-bond acceptors (Lipinski definition) is 4. The number of cyclic esters (lactones) is 1. The van der Waals surface area contributed by atoms with Gasteiger partial charge in [-0.2, -0.15) is 0 Å². The Kier molecular flexibility index (Phi) is 6.32. The van der Waals surface area contributed by atoms with Crippen LogP contribution in [-0.4, -0.2) is 40.8 Å². The van der Waals surface area contributed by atoms with Crippen LogP contribution in [0.5, 0.6) is 0 Å². The maximum Gasteiger partial charge on any atom is 0.308 e. The predicted octanol–water partition coefficient (Wildman–Crippen LogP) is 0.0563. The molecule has 1 rings (SSSR count). The molecule has 2 N–H and O–H groups in total. The molecule has 0 radical (unpaired) electrons. The van der Waals surface area contributed by atoms with E-state index in [1.807, 2.05) is 0 Å². The lowest BCUT2D eigenvalue weighted by atomic mass is 10.1. The van der Waals surface area contributed by atoms with Crippen LogP contribution in [0.3, 0.4) is 0 Å². The van der Waals surface area contributed by atoms with Crippen LogP contribution in [-0.2, 0) is 9.53 Å². The largest absolute Gasteiger partial charge is 0.459 e. The van der Waals surface area contributed by atoms with E-state index in [1.54, 1.807) is 0 Å². The SMILES string of the molecule is CO.O=C1C[C@@H](O)C(CCBr)O1. The highest BCUT2D eigenvalue weighted by Gasteiger charge is 2.32. The summed E-state index contributed by atoms with van der Waals surface area (Å²) in [6, 6.07) is 0. The molecule has 0 aromatic rings. The van der Waals surface area contributed by atoms with Gasteiger partial charge >= 0.3 is 5.97 Å². The molecule has 2 atom stereocenters. The molecular weight excluding hydrogens is 228 g/mol. The van der Waals surface area contributed by atoms with Crippen LogP contribution < -0.4 is 0 Å². The van der Waals surface area contributed by atoms with Crippen LogP contribution >= 0.6 is 15.9 Å². The topological polar surface area (TPSA) is 66.8 Å². The lowest BCUT2D eigenvalue weighted by Gasteiger charge is -2.09. The zero-order chi connectivity index (χ0) is 9.56. The number of aliphatic hydroxyl groups excluding tert-OH is 2. The van der Waals surface area contributed by atoms with Crippen molar-refractivity contribution in [2.75, 3.05) is 12.4 Å². The number of halogens is 1. The molecule has 1 aliphatic rings. The van der Waals surface area contributed by atoms with E-state index >= 15 is 0 Å². The molecule has 0 spiro atoms. The predicted molar refractivity (Wildman–Crippen MR) is 47.1 cm³/mol. The second kappa shape index (κ2) is 6.39. The quantitative estimate of drug-likeness (QED) is 0.529. The first-order chi connectivity index (χ1) is 5.74. The maximum atomic E-state index is 10.5. The molecule has 0 aromatic heterocycles. The van der Waals surface area contributed by atoms with E-state index in [9.17, 15) is 4.79 Å². The lowest BCUT2D eigenvalue weighted by Crippen LogP contribution is -2.20. The minimum Gasteiger partial charge on any atom is -0.459 e. The van der Waals surface area contributed by atoms with Gasteiger partial charge in [0.1, 0.15) is 12.2 Å². The summed E-state index contributed by atoms with van der Waals surface area (Å²) in [5.41, 5.74) is 0. The van der Waals surface area contributed by atoms with Gasteiger partial charge in [0.25, 0.3) is 0 Å². The molecule has 0 aromatic carbocycles. The molecule has 12 heavy (non-hydrogen) atoms. The summed E-state index contributed by atoms with van der Waals surface area (Å²) in [5.74, 6) is -0.293. The van der Waals surface area contributed by atoms with E-state index in [0.717, 1.165) is 12.4 Å². The molecule has 4 nitrogen and oxygen atoms in total. The van der Waals surface area contributed by atoms with Gasteiger partial charge in [-0.3, -0.25) is 4.79 Å². The molecular formula is C7H13BrO4. The van der Waals surface area contributed by atoms with E-state index in [1.165, 1.54) is 0 Å². The van der Waals surface area contributed by atoms with E-state index in [4.69, 9.17) is 14.9 Å². The van der Waals surface area contributed by atoms with Gasteiger partial charge in [0.05, 0.1) is 6.42 Å². The molecule has 0 aliphatic carbocycles. The summed E-state index contributed by atoms with van der Waals surface area (Å²) in [5, 5.41) is 16.9. The van der Waals surface area contributed by atoms with Gasteiger partial charge in [-0.1, -0.05) is 15.9 Å². The van der Waals surface area contributed by atoms with Crippen molar-refractivity contribution < 1.29 is 19.7 Å². The molecule has 72 valence electrons. The Bertz CT molecular complexity index is 139. The number of hydrogen-bond donors (Lipinski definition) is 2. The molecule has 0 saturated carbocycles.